The fourth-order valence-electron chi connectivity index (χ4n) is 6.15. The molecule has 39 heavy (non-hydrogen) atoms. The van der Waals surface area contributed by atoms with Gasteiger partial charge in [-0.2, -0.15) is 0 Å². The van der Waals surface area contributed by atoms with Gasteiger partial charge in [0.25, 0.3) is 0 Å². The molecule has 6 rings (SSSR count). The van der Waals surface area contributed by atoms with Gasteiger partial charge in [-0.05, 0) is 29.8 Å². The summed E-state index contributed by atoms with van der Waals surface area (Å²) in [5.74, 6) is 1.17. The van der Waals surface area contributed by atoms with E-state index in [1.54, 1.807) is 7.11 Å². The second-order valence-electron chi connectivity index (χ2n) is 10.5. The van der Waals surface area contributed by atoms with Crippen LogP contribution in [0, 0.1) is 0 Å². The highest BCUT2D eigenvalue weighted by Gasteiger charge is 2.31. The number of nitrogens with one attached hydrogen (secondary N) is 3. The summed E-state index contributed by atoms with van der Waals surface area (Å²) in [7, 11) is 1.71. The lowest BCUT2D eigenvalue weighted by Crippen LogP contribution is -2.46. The Bertz CT molecular complexity index is 1260. The lowest BCUT2D eigenvalue weighted by molar-refractivity contribution is 0.415. The first-order valence-electron chi connectivity index (χ1n) is 14.3. The molecule has 3 aromatic rings. The van der Waals surface area contributed by atoms with Gasteiger partial charge in [0.15, 0.2) is 0 Å². The predicted octanol–water partition coefficient (Wildman–Crippen LogP) is 2.96. The van der Waals surface area contributed by atoms with E-state index < -0.39 is 0 Å². The van der Waals surface area contributed by atoms with Gasteiger partial charge in [-0.25, -0.2) is 0 Å². The maximum Gasteiger partial charge on any atom is 0.123 e. The molecule has 0 spiro atoms. The lowest BCUT2D eigenvalue weighted by Gasteiger charge is -2.40. The minimum Gasteiger partial charge on any atom is -0.507 e. The number of aromatic hydroxyl groups is 1. The predicted molar refractivity (Wildman–Crippen MR) is 161 cm³/mol. The molecule has 8 heteroatoms. The summed E-state index contributed by atoms with van der Waals surface area (Å²) in [4.78, 5) is 7.59. The quantitative estimate of drug-likeness (QED) is 0.389. The third-order valence-corrected chi connectivity index (χ3v) is 8.16. The Morgan fingerprint density at radius 1 is 0.641 bits per heavy atom. The number of phenolic OH excluding ortho intramolecular Hbond substituents is 1. The summed E-state index contributed by atoms with van der Waals surface area (Å²) in [5, 5.41) is 21.9. The molecule has 0 unspecified atom stereocenters. The summed E-state index contributed by atoms with van der Waals surface area (Å²) in [6.07, 6.45) is 0. The van der Waals surface area contributed by atoms with Gasteiger partial charge in [0.05, 0.1) is 12.8 Å². The van der Waals surface area contributed by atoms with Crippen LogP contribution in [0.1, 0.15) is 0 Å². The smallest absolute Gasteiger partial charge is 0.123 e. The molecule has 3 saturated heterocycles. The van der Waals surface area contributed by atoms with Crippen LogP contribution in [-0.4, -0.2) is 90.8 Å². The number of hydrogen-bond acceptors (Lipinski definition) is 8. The number of nitrogens with zero attached hydrogens (tertiary/aromatic N) is 3. The highest BCUT2D eigenvalue weighted by atomic mass is 16.5. The molecule has 3 aromatic carbocycles. The van der Waals surface area contributed by atoms with Crippen molar-refractivity contribution in [3.63, 3.8) is 0 Å². The van der Waals surface area contributed by atoms with Gasteiger partial charge in [0.2, 0.25) is 0 Å². The third kappa shape index (κ3) is 5.24. The van der Waals surface area contributed by atoms with Crippen LogP contribution in [0.3, 0.4) is 0 Å². The summed E-state index contributed by atoms with van der Waals surface area (Å²) < 4.78 is 5.52. The van der Waals surface area contributed by atoms with Gasteiger partial charge in [-0.3, -0.25) is 0 Å². The monoisotopic (exact) mass is 528 g/mol. The molecule has 3 heterocycles. The number of para-hydroxylation sites is 1. The maximum atomic E-state index is 11.3. The number of ether oxygens (including phenoxy) is 1. The zero-order chi connectivity index (χ0) is 26.6. The van der Waals surface area contributed by atoms with Crippen LogP contribution in [0.15, 0.2) is 54.6 Å². The summed E-state index contributed by atoms with van der Waals surface area (Å²) in [6.45, 7) is 11.3. The third-order valence-electron chi connectivity index (χ3n) is 8.16. The number of methoxy groups -OCH3 is 1. The number of phenols is 1. The largest absolute Gasteiger partial charge is 0.507 e. The Kier molecular flexibility index (Phi) is 7.76. The van der Waals surface area contributed by atoms with Crippen molar-refractivity contribution in [1.82, 2.24) is 16.0 Å². The van der Waals surface area contributed by atoms with Crippen LogP contribution in [0.25, 0.3) is 22.3 Å². The molecule has 0 bridgehead atoms. The number of anilines is 3. The number of benzene rings is 3. The van der Waals surface area contributed by atoms with E-state index in [0.29, 0.717) is 5.75 Å². The maximum absolute atomic E-state index is 11.3. The minimum absolute atomic E-state index is 0.320. The Morgan fingerprint density at radius 3 is 1.69 bits per heavy atom. The normalized spacial score (nSPS) is 18.3. The van der Waals surface area contributed by atoms with E-state index in [2.05, 4.69) is 67.0 Å². The van der Waals surface area contributed by atoms with E-state index in [1.165, 1.54) is 28.2 Å². The van der Waals surface area contributed by atoms with Crippen molar-refractivity contribution < 1.29 is 9.84 Å². The lowest BCUT2D eigenvalue weighted by atomic mass is 9.89. The van der Waals surface area contributed by atoms with Crippen LogP contribution in [0.4, 0.5) is 17.1 Å². The van der Waals surface area contributed by atoms with Crippen LogP contribution >= 0.6 is 0 Å². The van der Waals surface area contributed by atoms with Crippen LogP contribution in [0.5, 0.6) is 11.5 Å². The van der Waals surface area contributed by atoms with E-state index in [-0.39, 0.29) is 0 Å². The van der Waals surface area contributed by atoms with E-state index >= 15 is 0 Å². The molecule has 4 N–H and O–H groups in total. The van der Waals surface area contributed by atoms with Gasteiger partial charge in [-0.15, -0.1) is 0 Å². The Balaban J connectivity index is 1.68. The Hall–Kier alpha value is -3.46. The molecule has 0 saturated carbocycles. The molecular weight excluding hydrogens is 488 g/mol. The molecule has 3 fully saturated rings. The summed E-state index contributed by atoms with van der Waals surface area (Å²) in [5.41, 5.74) is 8.11. The van der Waals surface area contributed by atoms with Gasteiger partial charge in [0.1, 0.15) is 11.5 Å². The van der Waals surface area contributed by atoms with E-state index in [0.717, 1.165) is 95.4 Å². The molecule has 0 atom stereocenters. The Morgan fingerprint density at radius 2 is 1.15 bits per heavy atom. The van der Waals surface area contributed by atoms with Crippen molar-refractivity contribution in [3.8, 4) is 33.8 Å². The fraction of sp³-hybridized carbons (Fsp3) is 0.419. The van der Waals surface area contributed by atoms with Crippen LogP contribution in [0.2, 0.25) is 0 Å². The van der Waals surface area contributed by atoms with Crippen molar-refractivity contribution in [2.24, 2.45) is 0 Å². The molecule has 206 valence electrons. The highest BCUT2D eigenvalue weighted by molar-refractivity contribution is 6.05. The fourth-order valence-corrected chi connectivity index (χ4v) is 6.15. The van der Waals surface area contributed by atoms with Crippen molar-refractivity contribution in [2.75, 3.05) is 100 Å². The SMILES string of the molecule is COc1ccc(-c2c(N3CCNCC3)cc(N3CCNCC3)c(-c3ccccc3O)c2N2CCNCC2)cc1. The topological polar surface area (TPSA) is 75.3 Å². The summed E-state index contributed by atoms with van der Waals surface area (Å²) >= 11 is 0. The zero-order valence-electron chi connectivity index (χ0n) is 22.9. The second kappa shape index (κ2) is 11.7. The first-order valence-corrected chi connectivity index (χ1v) is 14.3. The van der Waals surface area contributed by atoms with Gasteiger partial charge < -0.3 is 40.5 Å². The molecule has 0 aromatic heterocycles. The van der Waals surface area contributed by atoms with Crippen LogP contribution in [-0.2, 0) is 0 Å². The first-order chi connectivity index (χ1) is 19.2. The summed E-state index contributed by atoms with van der Waals surface area (Å²) in [6, 6.07) is 18.7. The molecule has 8 nitrogen and oxygen atoms in total. The molecule has 3 aliphatic rings. The van der Waals surface area contributed by atoms with Crippen molar-refractivity contribution in [3.05, 3.63) is 54.6 Å². The molecule has 0 radical (unpaired) electrons. The minimum atomic E-state index is 0.320. The zero-order valence-corrected chi connectivity index (χ0v) is 22.9. The average molecular weight is 529 g/mol. The molecule has 3 aliphatic heterocycles. The van der Waals surface area contributed by atoms with Crippen molar-refractivity contribution in [1.29, 1.82) is 0 Å². The molecule has 0 aliphatic carbocycles. The van der Waals surface area contributed by atoms with Crippen LogP contribution < -0.4 is 35.4 Å². The number of hydrogen-bond donors (Lipinski definition) is 4. The van der Waals surface area contributed by atoms with E-state index in [1.807, 2.05) is 18.2 Å². The van der Waals surface area contributed by atoms with Gasteiger partial charge in [0, 0.05) is 107 Å². The van der Waals surface area contributed by atoms with E-state index in [9.17, 15) is 5.11 Å². The van der Waals surface area contributed by atoms with E-state index in [4.69, 9.17) is 4.74 Å². The van der Waals surface area contributed by atoms with Gasteiger partial charge >= 0.3 is 0 Å². The Labute approximate surface area is 231 Å². The average Bonchev–Trinajstić information content (AvgIpc) is 3.02. The molecule has 0 amide bonds. The standard InChI is InChI=1S/C31H40N6O2/c1-39-24-8-6-23(7-9-24)29-26(35-16-10-32-11-17-35)22-27(36-18-12-33-13-19-36)30(25-4-2-3-5-28(25)38)31(29)37-20-14-34-15-21-37/h2-9,22,32-34,38H,10-21H2,1H3. The second-order valence-corrected chi connectivity index (χ2v) is 10.5. The molecular formula is C31H40N6O2. The number of rotatable bonds is 6. The van der Waals surface area contributed by atoms with Crippen molar-refractivity contribution >= 4 is 17.1 Å². The van der Waals surface area contributed by atoms with Crippen molar-refractivity contribution in [2.45, 2.75) is 0 Å². The number of piperazine rings is 3. The first kappa shape index (κ1) is 25.8. The highest BCUT2D eigenvalue weighted by Crippen LogP contribution is 2.52. The van der Waals surface area contributed by atoms with Gasteiger partial charge in [-0.1, -0.05) is 30.3 Å².